The van der Waals surface area contributed by atoms with E-state index in [4.69, 9.17) is 15.4 Å². The molecule has 0 radical (unpaired) electrons. The first-order valence-electron chi connectivity index (χ1n) is 4.99. The van der Waals surface area contributed by atoms with E-state index in [-0.39, 0.29) is 17.4 Å². The summed E-state index contributed by atoms with van der Waals surface area (Å²) in [6.45, 7) is 1.98. The molecule has 0 unspecified atom stereocenters. The summed E-state index contributed by atoms with van der Waals surface area (Å²) < 4.78 is 50.5. The molecule has 1 rings (SSSR count). The summed E-state index contributed by atoms with van der Waals surface area (Å²) in [7, 11) is -2.73. The molecule has 0 fully saturated rings. The second-order valence-corrected chi connectivity index (χ2v) is 8.22. The quantitative estimate of drug-likeness (QED) is 0.722. The van der Waals surface area contributed by atoms with Crippen LogP contribution in [-0.2, 0) is 18.9 Å². The molecule has 0 aliphatic carbocycles. The zero-order chi connectivity index (χ0) is 13.8. The van der Waals surface area contributed by atoms with Gasteiger partial charge in [0.15, 0.2) is 20.6 Å². The van der Waals surface area contributed by atoms with E-state index in [2.05, 4.69) is 4.98 Å². The molecule has 0 atom stereocenters. The monoisotopic (exact) mass is 313 g/mol. The zero-order valence-electron chi connectivity index (χ0n) is 9.54. The number of ether oxygens (including phenoxy) is 1. The minimum Gasteiger partial charge on any atom is -0.491 e. The molecule has 0 N–H and O–H groups in total. The van der Waals surface area contributed by atoms with E-state index in [1.807, 2.05) is 0 Å². The fourth-order valence-electron chi connectivity index (χ4n) is 1.18. The third-order valence-electron chi connectivity index (χ3n) is 1.93. The number of rotatable bonds is 6. The zero-order valence-corrected chi connectivity index (χ0v) is 11.9. The lowest BCUT2D eigenvalue weighted by Crippen LogP contribution is -2.16. The van der Waals surface area contributed by atoms with E-state index in [0.717, 1.165) is 0 Å². The number of sulfone groups is 1. The minimum atomic E-state index is -3.87. The molecule has 18 heavy (non-hydrogen) atoms. The van der Waals surface area contributed by atoms with Gasteiger partial charge in [-0.25, -0.2) is 21.8 Å². The van der Waals surface area contributed by atoms with Crippen LogP contribution in [0.4, 0.5) is 0 Å². The van der Waals surface area contributed by atoms with E-state index in [1.165, 1.54) is 18.3 Å². The number of nitrogens with zero attached hydrogens (tertiary/aromatic N) is 1. The Kier molecular flexibility index (Phi) is 4.94. The van der Waals surface area contributed by atoms with E-state index in [9.17, 15) is 16.8 Å². The molecular weight excluding hydrogens is 302 g/mol. The van der Waals surface area contributed by atoms with Gasteiger partial charge in [-0.2, -0.15) is 0 Å². The highest BCUT2D eigenvalue weighted by molar-refractivity contribution is 8.14. The standard InChI is InChI=1S/C9H12ClNO5S2/c1-2-16-8-4-3-5-11-9(8)17(12,13)6-7-18(10,14)15/h3-5H,2,6-7H2,1H3. The van der Waals surface area contributed by atoms with Crippen molar-refractivity contribution in [2.75, 3.05) is 18.1 Å². The van der Waals surface area contributed by atoms with Gasteiger partial charge < -0.3 is 4.74 Å². The average molecular weight is 314 g/mol. The average Bonchev–Trinajstić information content (AvgIpc) is 2.27. The number of pyridine rings is 1. The second kappa shape index (κ2) is 5.85. The molecule has 1 heterocycles. The van der Waals surface area contributed by atoms with Crippen LogP contribution in [0.3, 0.4) is 0 Å². The van der Waals surface area contributed by atoms with Crippen molar-refractivity contribution in [1.29, 1.82) is 0 Å². The highest BCUT2D eigenvalue weighted by Gasteiger charge is 2.23. The Morgan fingerprint density at radius 2 is 1.94 bits per heavy atom. The molecule has 0 aromatic carbocycles. The maximum Gasteiger partial charge on any atom is 0.233 e. The van der Waals surface area contributed by atoms with Crippen LogP contribution in [0, 0.1) is 0 Å². The van der Waals surface area contributed by atoms with Crippen molar-refractivity contribution in [1.82, 2.24) is 4.98 Å². The number of hydrogen-bond donors (Lipinski definition) is 0. The lowest BCUT2D eigenvalue weighted by molar-refractivity contribution is 0.328. The van der Waals surface area contributed by atoms with Gasteiger partial charge in [0.05, 0.1) is 18.1 Å². The molecule has 1 aromatic heterocycles. The smallest absolute Gasteiger partial charge is 0.233 e. The topological polar surface area (TPSA) is 90.4 Å². The van der Waals surface area contributed by atoms with Crippen LogP contribution in [0.25, 0.3) is 0 Å². The molecular formula is C9H12ClNO5S2. The van der Waals surface area contributed by atoms with Crippen LogP contribution in [-0.4, -0.2) is 39.9 Å². The van der Waals surface area contributed by atoms with Crippen LogP contribution < -0.4 is 4.74 Å². The highest BCUT2D eigenvalue weighted by atomic mass is 35.7. The molecule has 0 amide bonds. The summed E-state index contributed by atoms with van der Waals surface area (Å²) in [5.41, 5.74) is 0. The lowest BCUT2D eigenvalue weighted by atomic mass is 10.5. The van der Waals surface area contributed by atoms with Crippen LogP contribution in [0.2, 0.25) is 0 Å². The second-order valence-electron chi connectivity index (χ2n) is 3.30. The van der Waals surface area contributed by atoms with Crippen molar-refractivity contribution in [3.63, 3.8) is 0 Å². The van der Waals surface area contributed by atoms with Gasteiger partial charge in [0.25, 0.3) is 0 Å². The predicted molar refractivity (Wildman–Crippen MR) is 67.1 cm³/mol. The van der Waals surface area contributed by atoms with Gasteiger partial charge in [-0.15, -0.1) is 0 Å². The molecule has 6 nitrogen and oxygen atoms in total. The van der Waals surface area contributed by atoms with Crippen molar-refractivity contribution in [2.24, 2.45) is 0 Å². The van der Waals surface area contributed by atoms with Crippen LogP contribution >= 0.6 is 10.7 Å². The van der Waals surface area contributed by atoms with E-state index >= 15 is 0 Å². The Morgan fingerprint density at radius 1 is 1.28 bits per heavy atom. The van der Waals surface area contributed by atoms with Crippen LogP contribution in [0.5, 0.6) is 5.75 Å². The van der Waals surface area contributed by atoms with Gasteiger partial charge in [0.2, 0.25) is 9.05 Å². The summed E-state index contributed by atoms with van der Waals surface area (Å²) in [5, 5.41) is -0.271. The van der Waals surface area contributed by atoms with Crippen molar-refractivity contribution >= 4 is 29.6 Å². The van der Waals surface area contributed by atoms with Gasteiger partial charge in [0, 0.05) is 16.9 Å². The van der Waals surface area contributed by atoms with Crippen molar-refractivity contribution < 1.29 is 21.6 Å². The molecule has 0 aliphatic rings. The fraction of sp³-hybridized carbons (Fsp3) is 0.444. The van der Waals surface area contributed by atoms with Gasteiger partial charge in [-0.05, 0) is 19.1 Å². The van der Waals surface area contributed by atoms with Gasteiger partial charge in [0.1, 0.15) is 0 Å². The Balaban J connectivity index is 3.05. The summed E-state index contributed by atoms with van der Waals surface area (Å²) in [5.74, 6) is -1.19. The first kappa shape index (κ1) is 15.2. The third-order valence-corrected chi connectivity index (χ3v) is 4.98. The maximum atomic E-state index is 11.9. The molecule has 9 heteroatoms. The van der Waals surface area contributed by atoms with E-state index in [0.29, 0.717) is 0 Å². The number of aromatic nitrogens is 1. The number of hydrogen-bond acceptors (Lipinski definition) is 6. The van der Waals surface area contributed by atoms with Crippen LogP contribution in [0.1, 0.15) is 6.92 Å². The Morgan fingerprint density at radius 3 is 2.50 bits per heavy atom. The van der Waals surface area contributed by atoms with E-state index in [1.54, 1.807) is 6.92 Å². The first-order chi connectivity index (χ1) is 8.26. The molecule has 0 aliphatic heterocycles. The summed E-state index contributed by atoms with van der Waals surface area (Å²) in [6, 6.07) is 2.99. The Labute approximate surface area is 110 Å². The van der Waals surface area contributed by atoms with Gasteiger partial charge in [-0.3, -0.25) is 0 Å². The van der Waals surface area contributed by atoms with Gasteiger partial charge >= 0.3 is 0 Å². The minimum absolute atomic E-state index is 0.104. The van der Waals surface area contributed by atoms with Crippen molar-refractivity contribution in [3.05, 3.63) is 18.3 Å². The van der Waals surface area contributed by atoms with Crippen molar-refractivity contribution in [3.8, 4) is 5.75 Å². The highest BCUT2D eigenvalue weighted by Crippen LogP contribution is 2.22. The molecule has 0 spiro atoms. The third kappa shape index (κ3) is 4.43. The SMILES string of the molecule is CCOc1cccnc1S(=O)(=O)CCS(=O)(=O)Cl. The fourth-order valence-corrected chi connectivity index (χ4v) is 4.27. The Bertz CT molecular complexity index is 612. The normalized spacial score (nSPS) is 12.3. The van der Waals surface area contributed by atoms with E-state index < -0.39 is 30.4 Å². The predicted octanol–water partition coefficient (Wildman–Crippen LogP) is 0.823. The largest absolute Gasteiger partial charge is 0.491 e. The molecule has 0 saturated carbocycles. The summed E-state index contributed by atoms with van der Waals surface area (Å²) in [6.07, 6.45) is 1.30. The molecule has 0 bridgehead atoms. The molecule has 0 saturated heterocycles. The first-order valence-corrected chi connectivity index (χ1v) is 9.12. The summed E-state index contributed by atoms with van der Waals surface area (Å²) >= 11 is 0. The van der Waals surface area contributed by atoms with Crippen LogP contribution in [0.15, 0.2) is 23.4 Å². The van der Waals surface area contributed by atoms with Gasteiger partial charge in [-0.1, -0.05) is 0 Å². The maximum absolute atomic E-state index is 11.9. The van der Waals surface area contributed by atoms with Crippen molar-refractivity contribution in [2.45, 2.75) is 11.9 Å². The molecule has 102 valence electrons. The summed E-state index contributed by atoms with van der Waals surface area (Å²) in [4.78, 5) is 3.72. The Hall–Kier alpha value is -0.860. The lowest BCUT2D eigenvalue weighted by Gasteiger charge is -2.08. The molecule has 1 aromatic rings. The number of halogens is 1.